The van der Waals surface area contributed by atoms with Gasteiger partial charge in [0.2, 0.25) is 11.6 Å². The zero-order chi connectivity index (χ0) is 15.4. The number of rotatable bonds is 5. The van der Waals surface area contributed by atoms with Crippen LogP contribution in [0, 0.1) is 10.1 Å². The molecule has 2 rings (SSSR count). The van der Waals surface area contributed by atoms with Crippen LogP contribution in [-0.2, 0) is 0 Å². The molecule has 1 unspecified atom stereocenters. The average Bonchev–Trinajstić information content (AvgIpc) is 2.47. The van der Waals surface area contributed by atoms with Gasteiger partial charge >= 0.3 is 5.69 Å². The van der Waals surface area contributed by atoms with Crippen molar-refractivity contribution in [3.63, 3.8) is 0 Å². The number of likely N-dealkylation sites (N-methyl/N-ethyl adjacent to an activating group) is 1. The lowest BCUT2D eigenvalue weighted by Crippen LogP contribution is -2.52. The monoisotopic (exact) mass is 294 g/mol. The summed E-state index contributed by atoms with van der Waals surface area (Å²) in [5.74, 6) is 0.701. The third-order valence-corrected chi connectivity index (χ3v) is 3.80. The summed E-state index contributed by atoms with van der Waals surface area (Å²) in [4.78, 5) is 23.5. The predicted molar refractivity (Wildman–Crippen MR) is 81.8 cm³/mol. The molecule has 0 aliphatic carbocycles. The number of aromatic nitrogens is 2. The van der Waals surface area contributed by atoms with Crippen molar-refractivity contribution in [1.29, 1.82) is 0 Å². The number of piperazine rings is 1. The summed E-state index contributed by atoms with van der Waals surface area (Å²) in [5, 5.41) is 14.3. The molecule has 0 radical (unpaired) electrons. The van der Waals surface area contributed by atoms with E-state index in [0.29, 0.717) is 18.4 Å². The van der Waals surface area contributed by atoms with Crippen LogP contribution in [0.4, 0.5) is 17.3 Å². The number of anilines is 2. The largest absolute Gasteiger partial charge is 0.364 e. The predicted octanol–water partition coefficient (Wildman–Crippen LogP) is 1.35. The molecule has 1 aliphatic rings. The first-order chi connectivity index (χ1) is 10.1. The van der Waals surface area contributed by atoms with Gasteiger partial charge in [0.05, 0.1) is 4.92 Å². The van der Waals surface area contributed by atoms with Crippen molar-refractivity contribution in [3.8, 4) is 0 Å². The highest BCUT2D eigenvalue weighted by molar-refractivity contribution is 5.70. The highest BCUT2D eigenvalue weighted by atomic mass is 16.6. The number of nitrogens with one attached hydrogen (secondary N) is 1. The van der Waals surface area contributed by atoms with Crippen molar-refractivity contribution in [3.05, 3.63) is 16.4 Å². The number of nitro groups is 1. The molecule has 0 saturated carbocycles. The van der Waals surface area contributed by atoms with Crippen LogP contribution in [0.2, 0.25) is 0 Å². The number of hydrogen-bond acceptors (Lipinski definition) is 7. The van der Waals surface area contributed by atoms with E-state index < -0.39 is 4.92 Å². The summed E-state index contributed by atoms with van der Waals surface area (Å²) < 4.78 is 0. The molecule has 0 spiro atoms. The maximum absolute atomic E-state index is 11.4. The lowest BCUT2D eigenvalue weighted by atomic mass is 10.2. The quantitative estimate of drug-likeness (QED) is 0.647. The Bertz CT molecular complexity index is 509. The molecule has 0 amide bonds. The van der Waals surface area contributed by atoms with Crippen LogP contribution in [0.5, 0.6) is 0 Å². The van der Waals surface area contributed by atoms with Gasteiger partial charge in [-0.3, -0.25) is 15.0 Å². The summed E-state index contributed by atoms with van der Waals surface area (Å²) in [5.41, 5.74) is -0.0310. The van der Waals surface area contributed by atoms with Crippen molar-refractivity contribution >= 4 is 17.3 Å². The SMILES string of the molecule is CCNc1ncnc(N2CCN(CC)C(C)C2)c1[N+](=O)[O-]. The Hall–Kier alpha value is -1.96. The summed E-state index contributed by atoms with van der Waals surface area (Å²) in [6.07, 6.45) is 1.39. The first kappa shape index (κ1) is 15.4. The zero-order valence-electron chi connectivity index (χ0n) is 12.7. The average molecular weight is 294 g/mol. The molecule has 1 fully saturated rings. The minimum absolute atomic E-state index is 0.0310. The molecule has 0 aromatic carbocycles. The van der Waals surface area contributed by atoms with Gasteiger partial charge in [0.15, 0.2) is 0 Å². The molecule has 8 nitrogen and oxygen atoms in total. The lowest BCUT2D eigenvalue weighted by molar-refractivity contribution is -0.383. The van der Waals surface area contributed by atoms with E-state index in [9.17, 15) is 10.1 Å². The van der Waals surface area contributed by atoms with E-state index >= 15 is 0 Å². The van der Waals surface area contributed by atoms with Crippen LogP contribution in [0.3, 0.4) is 0 Å². The highest BCUT2D eigenvalue weighted by Crippen LogP contribution is 2.32. The molecule has 1 saturated heterocycles. The Kier molecular flexibility index (Phi) is 4.89. The standard InChI is InChI=1S/C13H22N6O2/c1-4-14-12-11(19(20)21)13(16-9-15-12)18-7-6-17(5-2)10(3)8-18/h9-10H,4-8H2,1-3H3,(H,14,15,16). The molecular formula is C13H22N6O2. The molecule has 1 aromatic heterocycles. The maximum atomic E-state index is 11.4. The minimum Gasteiger partial charge on any atom is -0.364 e. The fourth-order valence-electron chi connectivity index (χ4n) is 2.72. The van der Waals surface area contributed by atoms with Gasteiger partial charge in [-0.2, -0.15) is 0 Å². The molecular weight excluding hydrogens is 272 g/mol. The summed E-state index contributed by atoms with van der Waals surface area (Å²) in [6, 6.07) is 0.348. The minimum atomic E-state index is -0.399. The van der Waals surface area contributed by atoms with Crippen LogP contribution in [-0.4, -0.2) is 58.6 Å². The van der Waals surface area contributed by atoms with Gasteiger partial charge in [0, 0.05) is 32.2 Å². The molecule has 1 atom stereocenters. The van der Waals surface area contributed by atoms with Crippen molar-refractivity contribution in [2.45, 2.75) is 26.8 Å². The van der Waals surface area contributed by atoms with E-state index in [1.807, 2.05) is 11.8 Å². The number of nitrogens with zero attached hydrogens (tertiary/aromatic N) is 5. The fraction of sp³-hybridized carbons (Fsp3) is 0.692. The zero-order valence-corrected chi connectivity index (χ0v) is 12.7. The Morgan fingerprint density at radius 3 is 2.76 bits per heavy atom. The van der Waals surface area contributed by atoms with Crippen molar-refractivity contribution in [1.82, 2.24) is 14.9 Å². The van der Waals surface area contributed by atoms with Crippen molar-refractivity contribution < 1.29 is 4.92 Å². The molecule has 21 heavy (non-hydrogen) atoms. The second kappa shape index (κ2) is 6.66. The Morgan fingerprint density at radius 1 is 1.43 bits per heavy atom. The topological polar surface area (TPSA) is 87.4 Å². The van der Waals surface area contributed by atoms with Gasteiger partial charge in [-0.1, -0.05) is 6.92 Å². The van der Waals surface area contributed by atoms with Crippen molar-refractivity contribution in [2.24, 2.45) is 0 Å². The Morgan fingerprint density at radius 2 is 2.19 bits per heavy atom. The van der Waals surface area contributed by atoms with Crippen LogP contribution in [0.25, 0.3) is 0 Å². The molecule has 0 bridgehead atoms. The van der Waals surface area contributed by atoms with Gasteiger partial charge in [0.1, 0.15) is 6.33 Å². The summed E-state index contributed by atoms with van der Waals surface area (Å²) in [7, 11) is 0. The lowest BCUT2D eigenvalue weighted by Gasteiger charge is -2.39. The number of hydrogen-bond donors (Lipinski definition) is 1. The molecule has 8 heteroatoms. The first-order valence-corrected chi connectivity index (χ1v) is 7.30. The van der Waals surface area contributed by atoms with Gasteiger partial charge < -0.3 is 10.2 Å². The van der Waals surface area contributed by atoms with Crippen LogP contribution >= 0.6 is 0 Å². The second-order valence-electron chi connectivity index (χ2n) is 5.11. The van der Waals surface area contributed by atoms with Crippen LogP contribution in [0.1, 0.15) is 20.8 Å². The van der Waals surface area contributed by atoms with E-state index in [4.69, 9.17) is 0 Å². The highest BCUT2D eigenvalue weighted by Gasteiger charge is 2.31. The summed E-state index contributed by atoms with van der Waals surface area (Å²) in [6.45, 7) is 10.1. The van der Waals surface area contributed by atoms with Crippen molar-refractivity contribution in [2.75, 3.05) is 42.9 Å². The molecule has 1 aliphatic heterocycles. The van der Waals surface area contributed by atoms with Gasteiger partial charge in [-0.15, -0.1) is 0 Å². The van der Waals surface area contributed by atoms with Gasteiger partial charge in [-0.25, -0.2) is 9.97 Å². The van der Waals surface area contributed by atoms with Gasteiger partial charge in [0.25, 0.3) is 0 Å². The van der Waals surface area contributed by atoms with E-state index in [-0.39, 0.29) is 11.5 Å². The van der Waals surface area contributed by atoms with E-state index in [1.165, 1.54) is 6.33 Å². The van der Waals surface area contributed by atoms with Crippen LogP contribution < -0.4 is 10.2 Å². The Balaban J connectivity index is 2.31. The van der Waals surface area contributed by atoms with E-state index in [0.717, 1.165) is 26.2 Å². The molecule has 116 valence electrons. The van der Waals surface area contributed by atoms with E-state index in [1.54, 1.807) is 0 Å². The maximum Gasteiger partial charge on any atom is 0.353 e. The first-order valence-electron chi connectivity index (χ1n) is 7.30. The van der Waals surface area contributed by atoms with E-state index in [2.05, 4.69) is 34.0 Å². The fourth-order valence-corrected chi connectivity index (χ4v) is 2.72. The summed E-state index contributed by atoms with van der Waals surface area (Å²) >= 11 is 0. The normalized spacial score (nSPS) is 19.6. The smallest absolute Gasteiger partial charge is 0.353 e. The second-order valence-corrected chi connectivity index (χ2v) is 5.11. The molecule has 2 heterocycles. The third-order valence-electron chi connectivity index (χ3n) is 3.80. The Labute approximate surface area is 124 Å². The van der Waals surface area contributed by atoms with Gasteiger partial charge in [-0.05, 0) is 20.4 Å². The van der Waals surface area contributed by atoms with Crippen LogP contribution in [0.15, 0.2) is 6.33 Å². The molecule has 1 N–H and O–H groups in total. The molecule has 1 aromatic rings. The third kappa shape index (κ3) is 3.21.